The summed E-state index contributed by atoms with van der Waals surface area (Å²) in [4.78, 5) is 2.23. The van der Waals surface area contributed by atoms with Crippen molar-refractivity contribution in [3.63, 3.8) is 0 Å². The van der Waals surface area contributed by atoms with E-state index in [0.29, 0.717) is 28.0 Å². The molecule has 0 fully saturated rings. The number of anilines is 3. The van der Waals surface area contributed by atoms with Gasteiger partial charge in [-0.1, -0.05) is 96.5 Å². The largest absolute Gasteiger partial charge is 0.449 e. The summed E-state index contributed by atoms with van der Waals surface area (Å²) in [6.07, 6.45) is 0. The van der Waals surface area contributed by atoms with Gasteiger partial charge in [0.2, 0.25) is 0 Å². The topological polar surface area (TPSA) is 26.6 Å². The molecule has 7 aromatic carbocycles. The lowest BCUT2D eigenvalue weighted by atomic mass is 10.1. The molecule has 0 spiro atoms. The second-order valence-electron chi connectivity index (χ2n) is 11.2. The van der Waals surface area contributed by atoms with Crippen LogP contribution >= 0.6 is 11.6 Å². The van der Waals surface area contributed by atoms with Crippen LogP contribution in [0, 0.1) is 0 Å². The van der Waals surface area contributed by atoms with Gasteiger partial charge in [-0.2, -0.15) is 0 Å². The van der Waals surface area contributed by atoms with E-state index < -0.39 is 0 Å². The maximum atomic E-state index is 6.95. The van der Waals surface area contributed by atoms with E-state index in [2.05, 4.69) is 119 Å². The summed E-state index contributed by atoms with van der Waals surface area (Å²) in [5.41, 5.74) is 6.24. The number of halogens is 1. The fourth-order valence-electron chi connectivity index (χ4n) is 6.42. The first-order chi connectivity index (χ1) is 22.2. The Labute approximate surface area is 264 Å². The average molecular weight is 601 g/mol. The average Bonchev–Trinajstić information content (AvgIpc) is 3.42. The zero-order valence-electron chi connectivity index (χ0n) is 24.0. The summed E-state index contributed by atoms with van der Waals surface area (Å²) in [7, 11) is 0. The van der Waals surface area contributed by atoms with Crippen molar-refractivity contribution in [3.05, 3.63) is 157 Å². The third kappa shape index (κ3) is 4.22. The number of para-hydroxylation sites is 4. The van der Waals surface area contributed by atoms with Gasteiger partial charge in [0.15, 0.2) is 23.0 Å². The Morgan fingerprint density at radius 1 is 0.467 bits per heavy atom. The van der Waals surface area contributed by atoms with Crippen molar-refractivity contribution in [2.75, 3.05) is 4.90 Å². The molecule has 4 nitrogen and oxygen atoms in total. The van der Waals surface area contributed by atoms with Crippen LogP contribution in [0.2, 0.25) is 5.02 Å². The van der Waals surface area contributed by atoms with Crippen molar-refractivity contribution < 1.29 is 9.47 Å². The van der Waals surface area contributed by atoms with Crippen molar-refractivity contribution in [2.24, 2.45) is 0 Å². The summed E-state index contributed by atoms with van der Waals surface area (Å²) < 4.78 is 14.9. The Morgan fingerprint density at radius 2 is 1.13 bits per heavy atom. The molecule has 0 bridgehead atoms. The van der Waals surface area contributed by atoms with Crippen molar-refractivity contribution in [3.8, 4) is 28.7 Å². The number of rotatable bonds is 4. The van der Waals surface area contributed by atoms with Gasteiger partial charge in [0.1, 0.15) is 0 Å². The van der Waals surface area contributed by atoms with Crippen LogP contribution in [0.3, 0.4) is 0 Å². The first-order valence-electron chi connectivity index (χ1n) is 14.9. The Hall–Kier alpha value is -5.71. The first-order valence-corrected chi connectivity index (χ1v) is 15.2. The molecule has 0 aliphatic carbocycles. The van der Waals surface area contributed by atoms with E-state index in [-0.39, 0.29) is 0 Å². The Balaban J connectivity index is 1.29. The molecule has 0 atom stereocenters. The van der Waals surface area contributed by atoms with Crippen molar-refractivity contribution in [1.82, 2.24) is 4.57 Å². The maximum absolute atomic E-state index is 6.95. The zero-order valence-corrected chi connectivity index (χ0v) is 24.8. The molecule has 214 valence electrons. The van der Waals surface area contributed by atoms with E-state index in [9.17, 15) is 0 Å². The summed E-state index contributed by atoms with van der Waals surface area (Å²) >= 11 is 6.95. The monoisotopic (exact) mass is 600 g/mol. The van der Waals surface area contributed by atoms with Crippen LogP contribution in [0.15, 0.2) is 152 Å². The van der Waals surface area contributed by atoms with Gasteiger partial charge in [-0.15, -0.1) is 0 Å². The highest BCUT2D eigenvalue weighted by Crippen LogP contribution is 2.52. The quantitative estimate of drug-likeness (QED) is 0.201. The van der Waals surface area contributed by atoms with E-state index in [1.807, 2.05) is 42.5 Å². The fraction of sp³-hybridized carbons (Fsp3) is 0. The number of ether oxygens (including phenoxy) is 2. The number of hydrogen-bond acceptors (Lipinski definition) is 3. The summed E-state index contributed by atoms with van der Waals surface area (Å²) in [5.74, 6) is 2.38. The van der Waals surface area contributed by atoms with Gasteiger partial charge < -0.3 is 18.9 Å². The van der Waals surface area contributed by atoms with Gasteiger partial charge in [0, 0.05) is 33.9 Å². The molecule has 0 saturated heterocycles. The molecule has 0 unspecified atom stereocenters. The third-order valence-electron chi connectivity index (χ3n) is 8.45. The smallest absolute Gasteiger partial charge is 0.188 e. The molecule has 1 aliphatic heterocycles. The SMILES string of the molecule is Clc1cc(N(c2ccc3ccccc3c2)c2ccc3c4ccccc4n(-c4ccccc4)c3c2)cc2c1Oc1ccccc1O2. The molecule has 8 aromatic rings. The predicted octanol–water partition coefficient (Wildman–Crippen LogP) is 12.0. The minimum Gasteiger partial charge on any atom is -0.449 e. The molecule has 2 heterocycles. The van der Waals surface area contributed by atoms with Crippen LogP contribution in [-0.2, 0) is 0 Å². The van der Waals surface area contributed by atoms with Crippen LogP contribution in [0.5, 0.6) is 23.0 Å². The molecule has 1 aromatic heterocycles. The van der Waals surface area contributed by atoms with E-state index in [1.165, 1.54) is 16.2 Å². The van der Waals surface area contributed by atoms with E-state index in [4.69, 9.17) is 21.1 Å². The number of benzene rings is 7. The molecule has 45 heavy (non-hydrogen) atoms. The lowest BCUT2D eigenvalue weighted by Crippen LogP contribution is -2.11. The van der Waals surface area contributed by atoms with E-state index in [1.54, 1.807) is 0 Å². The number of fused-ring (bicyclic) bond motifs is 6. The third-order valence-corrected chi connectivity index (χ3v) is 8.74. The van der Waals surface area contributed by atoms with Gasteiger partial charge in [-0.05, 0) is 71.4 Å². The molecular formula is C40H25ClN2O2. The number of hydrogen-bond donors (Lipinski definition) is 0. The highest BCUT2D eigenvalue weighted by Gasteiger charge is 2.25. The second kappa shape index (κ2) is 10.2. The summed E-state index contributed by atoms with van der Waals surface area (Å²) in [5, 5.41) is 5.20. The molecule has 0 radical (unpaired) electrons. The Kier molecular flexibility index (Phi) is 5.83. The second-order valence-corrected chi connectivity index (χ2v) is 11.6. The molecule has 0 amide bonds. The van der Waals surface area contributed by atoms with Crippen LogP contribution < -0.4 is 14.4 Å². The maximum Gasteiger partial charge on any atom is 0.188 e. The normalized spacial score (nSPS) is 12.0. The fourth-order valence-corrected chi connectivity index (χ4v) is 6.67. The molecule has 0 N–H and O–H groups in total. The highest BCUT2D eigenvalue weighted by molar-refractivity contribution is 6.32. The molecule has 9 rings (SSSR count). The first kappa shape index (κ1) is 25.8. The van der Waals surface area contributed by atoms with Crippen molar-refractivity contribution in [2.45, 2.75) is 0 Å². The van der Waals surface area contributed by atoms with Gasteiger partial charge in [0.25, 0.3) is 0 Å². The summed E-state index contributed by atoms with van der Waals surface area (Å²) in [6, 6.07) is 52.2. The minimum atomic E-state index is 0.474. The van der Waals surface area contributed by atoms with Crippen LogP contribution in [0.1, 0.15) is 0 Å². The molecule has 5 heteroatoms. The van der Waals surface area contributed by atoms with Crippen LogP contribution in [0.25, 0.3) is 38.3 Å². The lowest BCUT2D eigenvalue weighted by molar-refractivity contribution is 0.360. The molecule has 0 saturated carbocycles. The summed E-state index contributed by atoms with van der Waals surface area (Å²) in [6.45, 7) is 0. The van der Waals surface area contributed by atoms with Crippen LogP contribution in [0.4, 0.5) is 17.1 Å². The Morgan fingerprint density at radius 3 is 2.00 bits per heavy atom. The van der Waals surface area contributed by atoms with Gasteiger partial charge in [-0.3, -0.25) is 0 Å². The molecule has 1 aliphatic rings. The van der Waals surface area contributed by atoms with Crippen molar-refractivity contribution >= 4 is 61.2 Å². The Bertz CT molecular complexity index is 2410. The standard InChI is InChI=1S/C40H25ClN2O2/c41-34-23-31(25-39-40(34)45-38-17-9-8-16-37(38)44-39)42(29-19-18-26-10-4-5-11-27(26)22-29)30-20-21-33-32-14-6-7-15-35(32)43(36(33)24-30)28-12-2-1-3-13-28/h1-25H. The zero-order chi connectivity index (χ0) is 29.9. The van der Waals surface area contributed by atoms with Crippen LogP contribution in [-0.4, -0.2) is 4.57 Å². The van der Waals surface area contributed by atoms with Gasteiger partial charge in [0.05, 0.1) is 21.7 Å². The minimum absolute atomic E-state index is 0.474. The van der Waals surface area contributed by atoms with E-state index in [0.717, 1.165) is 39.2 Å². The van der Waals surface area contributed by atoms with Crippen molar-refractivity contribution in [1.29, 1.82) is 0 Å². The van der Waals surface area contributed by atoms with E-state index >= 15 is 0 Å². The predicted molar refractivity (Wildman–Crippen MR) is 185 cm³/mol. The number of nitrogens with zero attached hydrogens (tertiary/aromatic N) is 2. The number of aromatic nitrogens is 1. The van der Waals surface area contributed by atoms with Gasteiger partial charge in [-0.25, -0.2) is 0 Å². The highest BCUT2D eigenvalue weighted by atomic mass is 35.5. The lowest BCUT2D eigenvalue weighted by Gasteiger charge is -2.28. The van der Waals surface area contributed by atoms with Gasteiger partial charge >= 0.3 is 0 Å². The molecular weight excluding hydrogens is 576 g/mol.